The maximum atomic E-state index is 13.4. The van der Waals surface area contributed by atoms with Gasteiger partial charge in [0, 0.05) is 12.8 Å². The average Bonchev–Trinajstić information content (AvgIpc) is 2.80. The van der Waals surface area contributed by atoms with Crippen LogP contribution in [0, 0.1) is 0 Å². The molecule has 2 rings (SSSR count). The van der Waals surface area contributed by atoms with Crippen LogP contribution < -0.4 is 0 Å². The minimum Gasteiger partial charge on any atom is -0.338 e. The summed E-state index contributed by atoms with van der Waals surface area (Å²) < 4.78 is 55.2. The first-order valence-corrected chi connectivity index (χ1v) is 7.25. The number of sulfonamides is 1. The maximum Gasteiger partial charge on any atom is 0.263 e. The molecular formula is C9H13F2N3O3S. The highest BCUT2D eigenvalue weighted by molar-refractivity contribution is 7.88. The van der Waals surface area contributed by atoms with Crippen LogP contribution >= 0.6 is 0 Å². The van der Waals surface area contributed by atoms with E-state index >= 15 is 0 Å². The van der Waals surface area contributed by atoms with Crippen LogP contribution in [0.15, 0.2) is 4.52 Å². The van der Waals surface area contributed by atoms with Crippen LogP contribution in [0.5, 0.6) is 0 Å². The molecule has 6 nitrogen and oxygen atoms in total. The molecule has 1 atom stereocenters. The Labute approximate surface area is 103 Å². The lowest BCUT2D eigenvalue weighted by Crippen LogP contribution is -2.32. The normalized spacial score (nSPS) is 24.6. The summed E-state index contributed by atoms with van der Waals surface area (Å²) in [6, 6.07) is -1.08. The fourth-order valence-corrected chi connectivity index (χ4v) is 2.94. The molecule has 0 N–H and O–H groups in total. The van der Waals surface area contributed by atoms with Gasteiger partial charge in [-0.25, -0.2) is 17.2 Å². The zero-order valence-electron chi connectivity index (χ0n) is 9.93. The Balaban J connectivity index is 2.35. The standard InChI is InChI=1S/C9H13F2N3O3S/c1-3-7-12-8(17-13-7)6-4-9(10,11)5-14(6)18(2,15)16/h6H,3-5H2,1-2H3/t6-/m0/s1. The number of alkyl halides is 2. The van der Waals surface area contributed by atoms with Crippen LogP contribution in [0.1, 0.15) is 31.1 Å². The van der Waals surface area contributed by atoms with Gasteiger partial charge in [0.05, 0.1) is 12.8 Å². The molecule has 0 unspecified atom stereocenters. The Hall–Kier alpha value is -1.09. The lowest BCUT2D eigenvalue weighted by atomic mass is 10.2. The third-order valence-corrected chi connectivity index (χ3v) is 3.97. The number of halogens is 2. The smallest absolute Gasteiger partial charge is 0.263 e. The molecule has 1 aliphatic heterocycles. The summed E-state index contributed by atoms with van der Waals surface area (Å²) in [6.45, 7) is 0.937. The van der Waals surface area contributed by atoms with Crippen molar-refractivity contribution in [2.75, 3.05) is 12.8 Å². The molecule has 9 heteroatoms. The van der Waals surface area contributed by atoms with Crippen LogP contribution in [0.25, 0.3) is 0 Å². The molecule has 2 heterocycles. The van der Waals surface area contributed by atoms with Crippen molar-refractivity contribution < 1.29 is 21.7 Å². The molecule has 0 amide bonds. The van der Waals surface area contributed by atoms with Crippen molar-refractivity contribution in [1.29, 1.82) is 0 Å². The van der Waals surface area contributed by atoms with Gasteiger partial charge in [0.15, 0.2) is 5.82 Å². The molecule has 0 radical (unpaired) electrons. The molecular weight excluding hydrogens is 268 g/mol. The van der Waals surface area contributed by atoms with Gasteiger partial charge < -0.3 is 4.52 Å². The van der Waals surface area contributed by atoms with Gasteiger partial charge in [0.25, 0.3) is 5.92 Å². The highest BCUT2D eigenvalue weighted by Gasteiger charge is 2.51. The lowest BCUT2D eigenvalue weighted by Gasteiger charge is -2.17. The fraction of sp³-hybridized carbons (Fsp3) is 0.778. The van der Waals surface area contributed by atoms with E-state index in [2.05, 4.69) is 10.1 Å². The average molecular weight is 281 g/mol. The van der Waals surface area contributed by atoms with Gasteiger partial charge in [0.2, 0.25) is 15.9 Å². The van der Waals surface area contributed by atoms with Crippen LogP contribution in [0.3, 0.4) is 0 Å². The predicted octanol–water partition coefficient (Wildman–Crippen LogP) is 0.974. The largest absolute Gasteiger partial charge is 0.338 e. The second kappa shape index (κ2) is 4.23. The van der Waals surface area contributed by atoms with Crippen molar-refractivity contribution in [2.45, 2.75) is 31.7 Å². The lowest BCUT2D eigenvalue weighted by molar-refractivity contribution is 0.0166. The maximum absolute atomic E-state index is 13.4. The molecule has 102 valence electrons. The predicted molar refractivity (Wildman–Crippen MR) is 57.5 cm³/mol. The molecule has 1 aromatic rings. The summed E-state index contributed by atoms with van der Waals surface area (Å²) in [5.74, 6) is -2.78. The third-order valence-electron chi connectivity index (χ3n) is 2.74. The van der Waals surface area contributed by atoms with Gasteiger partial charge >= 0.3 is 0 Å². The van der Waals surface area contributed by atoms with E-state index in [1.165, 1.54) is 0 Å². The quantitative estimate of drug-likeness (QED) is 0.825. The van der Waals surface area contributed by atoms with Crippen LogP contribution in [0.4, 0.5) is 8.78 Å². The first-order chi connectivity index (χ1) is 8.23. The third kappa shape index (κ3) is 2.51. The van der Waals surface area contributed by atoms with Crippen LogP contribution in [-0.2, 0) is 16.4 Å². The second-order valence-corrected chi connectivity index (χ2v) is 6.22. The topological polar surface area (TPSA) is 76.3 Å². The fourth-order valence-electron chi connectivity index (χ4n) is 1.89. The minimum absolute atomic E-state index is 0.0746. The molecule has 0 bridgehead atoms. The monoisotopic (exact) mass is 281 g/mol. The summed E-state index contributed by atoms with van der Waals surface area (Å²) in [6.07, 6.45) is 0.745. The molecule has 0 aliphatic carbocycles. The molecule has 1 fully saturated rings. The van der Waals surface area contributed by atoms with Crippen molar-refractivity contribution in [3.05, 3.63) is 11.7 Å². The minimum atomic E-state index is -3.74. The van der Waals surface area contributed by atoms with E-state index in [4.69, 9.17) is 4.52 Å². The number of nitrogens with zero attached hydrogens (tertiary/aromatic N) is 3. The molecule has 1 saturated heterocycles. The van der Waals surface area contributed by atoms with E-state index in [9.17, 15) is 17.2 Å². The zero-order valence-corrected chi connectivity index (χ0v) is 10.7. The van der Waals surface area contributed by atoms with Gasteiger partial charge in [-0.1, -0.05) is 12.1 Å². The molecule has 1 aliphatic rings. The van der Waals surface area contributed by atoms with Gasteiger partial charge in [-0.15, -0.1) is 0 Å². The summed E-state index contributed by atoms with van der Waals surface area (Å²) in [5, 5.41) is 3.59. The van der Waals surface area contributed by atoms with Crippen molar-refractivity contribution in [3.63, 3.8) is 0 Å². The summed E-state index contributed by atoms with van der Waals surface area (Å²) in [4.78, 5) is 3.92. The molecule has 1 aromatic heterocycles. The summed E-state index contributed by atoms with van der Waals surface area (Å²) in [5.41, 5.74) is 0. The van der Waals surface area contributed by atoms with Gasteiger partial charge in [-0.05, 0) is 0 Å². The first kappa shape index (κ1) is 13.3. The SMILES string of the molecule is CCc1noc([C@@H]2CC(F)(F)CN2S(C)(=O)=O)n1. The molecule has 0 saturated carbocycles. The van der Waals surface area contributed by atoms with E-state index in [0.29, 0.717) is 16.6 Å². The van der Waals surface area contributed by atoms with Crippen molar-refractivity contribution in [2.24, 2.45) is 0 Å². The molecule has 0 spiro atoms. The van der Waals surface area contributed by atoms with Crippen molar-refractivity contribution >= 4 is 10.0 Å². The van der Waals surface area contributed by atoms with E-state index < -0.39 is 35.0 Å². The zero-order chi connectivity index (χ0) is 13.6. The highest BCUT2D eigenvalue weighted by atomic mass is 32.2. The number of aryl methyl sites for hydroxylation is 1. The van der Waals surface area contributed by atoms with E-state index in [-0.39, 0.29) is 5.89 Å². The van der Waals surface area contributed by atoms with E-state index in [0.717, 1.165) is 6.26 Å². The molecule has 0 aromatic carbocycles. The Morgan fingerprint density at radius 1 is 1.56 bits per heavy atom. The Morgan fingerprint density at radius 2 is 2.22 bits per heavy atom. The van der Waals surface area contributed by atoms with E-state index in [1.807, 2.05) is 0 Å². The Morgan fingerprint density at radius 3 is 2.72 bits per heavy atom. The number of aromatic nitrogens is 2. The number of hydrogen-bond donors (Lipinski definition) is 0. The molecule has 18 heavy (non-hydrogen) atoms. The van der Waals surface area contributed by atoms with Gasteiger partial charge in [-0.2, -0.15) is 9.29 Å². The van der Waals surface area contributed by atoms with Crippen LogP contribution in [0.2, 0.25) is 0 Å². The Bertz CT molecular complexity index is 543. The van der Waals surface area contributed by atoms with E-state index in [1.54, 1.807) is 6.92 Å². The highest BCUT2D eigenvalue weighted by Crippen LogP contribution is 2.41. The number of hydrogen-bond acceptors (Lipinski definition) is 5. The number of rotatable bonds is 3. The van der Waals surface area contributed by atoms with Crippen molar-refractivity contribution in [3.8, 4) is 0 Å². The summed E-state index contributed by atoms with van der Waals surface area (Å²) >= 11 is 0. The van der Waals surface area contributed by atoms with Crippen LogP contribution in [-0.4, -0.2) is 41.6 Å². The second-order valence-electron chi connectivity index (χ2n) is 4.29. The summed E-state index contributed by atoms with van der Waals surface area (Å²) in [7, 11) is -3.74. The first-order valence-electron chi connectivity index (χ1n) is 5.40. The Kier molecular flexibility index (Phi) is 3.14. The van der Waals surface area contributed by atoms with Gasteiger partial charge in [-0.3, -0.25) is 0 Å². The van der Waals surface area contributed by atoms with Gasteiger partial charge in [0.1, 0.15) is 6.04 Å². The van der Waals surface area contributed by atoms with Crippen molar-refractivity contribution in [1.82, 2.24) is 14.4 Å².